The van der Waals surface area contributed by atoms with Gasteiger partial charge in [0.05, 0.1) is 0 Å². The number of fused-ring (bicyclic) bond motifs is 1. The maximum atomic E-state index is 15.0. The van der Waals surface area contributed by atoms with Crippen molar-refractivity contribution in [3.05, 3.63) is 69.5 Å². The number of benzene rings is 2. The van der Waals surface area contributed by atoms with Gasteiger partial charge in [0.15, 0.2) is 11.6 Å². The van der Waals surface area contributed by atoms with Crippen LogP contribution in [0.5, 0.6) is 0 Å². The van der Waals surface area contributed by atoms with Gasteiger partial charge in [-0.25, -0.2) is 13.2 Å². The minimum atomic E-state index is -0.750. The summed E-state index contributed by atoms with van der Waals surface area (Å²) in [5.74, 6) is -0.834. The number of rotatable bonds is 4. The molecule has 29 heavy (non-hydrogen) atoms. The molecule has 0 heterocycles. The largest absolute Gasteiger partial charge is 0.207 e. The van der Waals surface area contributed by atoms with Crippen LogP contribution in [-0.4, -0.2) is 0 Å². The molecule has 154 valence electrons. The van der Waals surface area contributed by atoms with E-state index < -0.39 is 11.6 Å². The van der Waals surface area contributed by atoms with E-state index in [1.54, 1.807) is 12.1 Å². The molecule has 0 aromatic heterocycles. The minimum Gasteiger partial charge on any atom is -0.207 e. The lowest BCUT2D eigenvalue weighted by atomic mass is 9.77. The van der Waals surface area contributed by atoms with Crippen molar-refractivity contribution in [2.45, 2.75) is 71.1 Å². The Morgan fingerprint density at radius 3 is 2.34 bits per heavy atom. The summed E-state index contributed by atoms with van der Waals surface area (Å²) < 4.78 is 44.2. The molecule has 0 saturated heterocycles. The summed E-state index contributed by atoms with van der Waals surface area (Å²) in [6, 6.07) is 6.95. The Bertz CT molecular complexity index is 933. The predicted molar refractivity (Wildman–Crippen MR) is 113 cm³/mol. The Labute approximate surface area is 171 Å². The molecule has 0 aliphatic heterocycles. The Hall–Kier alpha value is -2.03. The van der Waals surface area contributed by atoms with Gasteiger partial charge in [-0.2, -0.15) is 0 Å². The Kier molecular flexibility index (Phi) is 5.85. The third-order valence-corrected chi connectivity index (χ3v) is 7.00. The zero-order chi connectivity index (χ0) is 20.5. The second-order valence-corrected chi connectivity index (χ2v) is 8.62. The highest BCUT2D eigenvalue weighted by Crippen LogP contribution is 2.40. The molecule has 0 spiro atoms. The fourth-order valence-corrected chi connectivity index (χ4v) is 5.06. The first-order chi connectivity index (χ1) is 14.0. The third kappa shape index (κ3) is 3.89. The van der Waals surface area contributed by atoms with Crippen molar-refractivity contribution in [2.75, 3.05) is 0 Å². The third-order valence-electron chi connectivity index (χ3n) is 7.00. The van der Waals surface area contributed by atoms with E-state index in [1.165, 1.54) is 12.5 Å². The standard InChI is InChI=1S/C26H29F3/c1-3-16-5-7-18(8-6-16)22-11-12-23(26(29)25(22)28)20-10-9-19-13-17(4-2)24(27)15-21(19)14-20/h11-16,18H,3-10H2,1-2H3. The molecular formula is C26H29F3. The maximum Gasteiger partial charge on any atom is 0.166 e. The molecule has 2 aromatic rings. The molecular weight excluding hydrogens is 369 g/mol. The van der Waals surface area contributed by atoms with Crippen LogP contribution in [-0.2, 0) is 12.8 Å². The molecule has 1 fully saturated rings. The average Bonchev–Trinajstić information content (AvgIpc) is 2.75. The van der Waals surface area contributed by atoms with Crippen molar-refractivity contribution in [3.8, 4) is 0 Å². The van der Waals surface area contributed by atoms with E-state index in [1.807, 2.05) is 19.1 Å². The predicted octanol–water partition coefficient (Wildman–Crippen LogP) is 7.84. The summed E-state index contributed by atoms with van der Waals surface area (Å²) in [5, 5.41) is 0. The van der Waals surface area contributed by atoms with Crippen LogP contribution >= 0.6 is 0 Å². The van der Waals surface area contributed by atoms with Gasteiger partial charge in [0, 0.05) is 5.56 Å². The zero-order valence-corrected chi connectivity index (χ0v) is 17.3. The summed E-state index contributed by atoms with van der Waals surface area (Å²) in [7, 11) is 0. The highest BCUT2D eigenvalue weighted by Gasteiger charge is 2.27. The van der Waals surface area contributed by atoms with Crippen LogP contribution in [0.15, 0.2) is 24.3 Å². The molecule has 0 nitrogen and oxygen atoms in total. The van der Waals surface area contributed by atoms with Crippen LogP contribution in [0.25, 0.3) is 11.6 Å². The van der Waals surface area contributed by atoms with Crippen molar-refractivity contribution in [1.82, 2.24) is 0 Å². The summed E-state index contributed by atoms with van der Waals surface area (Å²) in [4.78, 5) is 0. The van der Waals surface area contributed by atoms with Gasteiger partial charge < -0.3 is 0 Å². The van der Waals surface area contributed by atoms with Crippen molar-refractivity contribution in [3.63, 3.8) is 0 Å². The number of halogens is 3. The highest BCUT2D eigenvalue weighted by molar-refractivity contribution is 5.84. The second-order valence-electron chi connectivity index (χ2n) is 8.62. The second kappa shape index (κ2) is 8.38. The molecule has 4 rings (SSSR count). The average molecular weight is 399 g/mol. The van der Waals surface area contributed by atoms with Gasteiger partial charge in [-0.3, -0.25) is 0 Å². The summed E-state index contributed by atoms with van der Waals surface area (Å²) in [6.45, 7) is 4.13. The number of hydrogen-bond donors (Lipinski definition) is 0. The highest BCUT2D eigenvalue weighted by atomic mass is 19.2. The van der Waals surface area contributed by atoms with Gasteiger partial charge in [0.25, 0.3) is 0 Å². The van der Waals surface area contributed by atoms with Crippen LogP contribution in [0, 0.1) is 23.4 Å². The smallest absolute Gasteiger partial charge is 0.166 e. The van der Waals surface area contributed by atoms with Gasteiger partial charge >= 0.3 is 0 Å². The Morgan fingerprint density at radius 2 is 1.66 bits per heavy atom. The number of aryl methyl sites for hydroxylation is 2. The monoisotopic (exact) mass is 398 g/mol. The van der Waals surface area contributed by atoms with E-state index in [4.69, 9.17) is 0 Å². The fraction of sp³-hybridized carbons (Fsp3) is 0.462. The molecule has 0 bridgehead atoms. The van der Waals surface area contributed by atoms with Gasteiger partial charge in [-0.1, -0.05) is 44.5 Å². The van der Waals surface area contributed by atoms with Crippen molar-refractivity contribution < 1.29 is 13.2 Å². The Morgan fingerprint density at radius 1 is 0.897 bits per heavy atom. The fourth-order valence-electron chi connectivity index (χ4n) is 5.06. The SMILES string of the molecule is CCc1cc2c(cc1F)C=C(c1ccc(C3CCC(CC)CC3)c(F)c1F)CC2. The van der Waals surface area contributed by atoms with E-state index in [0.717, 1.165) is 54.7 Å². The van der Waals surface area contributed by atoms with E-state index in [9.17, 15) is 8.78 Å². The summed E-state index contributed by atoms with van der Waals surface area (Å²) >= 11 is 0. The molecule has 0 atom stereocenters. The van der Waals surface area contributed by atoms with E-state index >= 15 is 4.39 Å². The lowest BCUT2D eigenvalue weighted by Crippen LogP contribution is -2.14. The number of hydrogen-bond acceptors (Lipinski definition) is 0. The first-order valence-electron chi connectivity index (χ1n) is 11.0. The number of allylic oxidation sites excluding steroid dienone is 1. The molecule has 0 radical (unpaired) electrons. The minimum absolute atomic E-state index is 0.115. The van der Waals surface area contributed by atoms with Gasteiger partial charge in [-0.05, 0) is 90.7 Å². The van der Waals surface area contributed by atoms with Crippen molar-refractivity contribution in [1.29, 1.82) is 0 Å². The molecule has 2 aromatic carbocycles. The maximum absolute atomic E-state index is 15.0. The lowest BCUT2D eigenvalue weighted by Gasteiger charge is -2.28. The van der Waals surface area contributed by atoms with Crippen molar-refractivity contribution in [2.24, 2.45) is 5.92 Å². The van der Waals surface area contributed by atoms with Gasteiger partial charge in [0.2, 0.25) is 0 Å². The van der Waals surface area contributed by atoms with Crippen molar-refractivity contribution >= 4 is 11.6 Å². The zero-order valence-electron chi connectivity index (χ0n) is 17.3. The molecule has 3 heteroatoms. The lowest BCUT2D eigenvalue weighted by molar-refractivity contribution is 0.312. The first-order valence-corrected chi connectivity index (χ1v) is 11.0. The normalized spacial score (nSPS) is 21.6. The van der Waals surface area contributed by atoms with Gasteiger partial charge in [-0.15, -0.1) is 0 Å². The first kappa shape index (κ1) is 20.3. The van der Waals surface area contributed by atoms with E-state index in [0.29, 0.717) is 29.5 Å². The van der Waals surface area contributed by atoms with E-state index in [-0.39, 0.29) is 11.7 Å². The molecule has 0 amide bonds. The van der Waals surface area contributed by atoms with Gasteiger partial charge in [0.1, 0.15) is 5.82 Å². The molecule has 0 unspecified atom stereocenters. The molecule has 1 saturated carbocycles. The van der Waals surface area contributed by atoms with Crippen LogP contribution in [0.4, 0.5) is 13.2 Å². The summed E-state index contributed by atoms with van der Waals surface area (Å²) in [5.41, 5.74) is 4.16. The van der Waals surface area contributed by atoms with Crippen LogP contribution in [0.3, 0.4) is 0 Å². The molecule has 2 aliphatic rings. The molecule has 0 N–H and O–H groups in total. The topological polar surface area (TPSA) is 0 Å². The van der Waals surface area contributed by atoms with Crippen LogP contribution < -0.4 is 0 Å². The summed E-state index contributed by atoms with van der Waals surface area (Å²) in [6.07, 6.45) is 9.06. The molecule has 2 aliphatic carbocycles. The van der Waals surface area contributed by atoms with Crippen LogP contribution in [0.2, 0.25) is 0 Å². The van der Waals surface area contributed by atoms with Crippen LogP contribution in [0.1, 0.15) is 86.1 Å². The Balaban J connectivity index is 1.63. The van der Waals surface area contributed by atoms with E-state index in [2.05, 4.69) is 6.92 Å². The quantitative estimate of drug-likeness (QED) is 0.492.